The molecule has 2 N–H and O–H groups in total. The Morgan fingerprint density at radius 3 is 2.88 bits per heavy atom. The third-order valence-electron chi connectivity index (χ3n) is 4.00. The summed E-state index contributed by atoms with van der Waals surface area (Å²) in [5, 5.41) is 6.54. The number of aliphatic imine (C=N–C) groups is 1. The van der Waals surface area contributed by atoms with Crippen molar-refractivity contribution in [1.29, 1.82) is 0 Å². The molecule has 3 rings (SSSR count). The van der Waals surface area contributed by atoms with Crippen molar-refractivity contribution in [1.82, 2.24) is 15.3 Å². The van der Waals surface area contributed by atoms with Crippen LogP contribution < -0.4 is 10.6 Å². The summed E-state index contributed by atoms with van der Waals surface area (Å²) in [5.74, 6) is -0.606. The molecule has 1 atom stereocenters. The monoisotopic (exact) mass is 341 g/mol. The largest absolute Gasteiger partial charge is 0.469 e. The topological polar surface area (TPSA) is 106 Å². The van der Waals surface area contributed by atoms with E-state index < -0.39 is 11.9 Å². The Labute approximate surface area is 144 Å². The molecule has 0 unspecified atom stereocenters. The summed E-state index contributed by atoms with van der Waals surface area (Å²) in [6.07, 6.45) is 0.00394. The van der Waals surface area contributed by atoms with Crippen molar-refractivity contribution < 1.29 is 14.3 Å². The molecule has 0 saturated carbocycles. The minimum Gasteiger partial charge on any atom is -0.469 e. The van der Waals surface area contributed by atoms with Crippen LogP contribution in [-0.2, 0) is 14.3 Å². The van der Waals surface area contributed by atoms with E-state index in [2.05, 4.69) is 30.3 Å². The van der Waals surface area contributed by atoms with Gasteiger partial charge in [-0.25, -0.2) is 9.97 Å². The normalized spacial score (nSPS) is 17.0. The van der Waals surface area contributed by atoms with E-state index in [0.29, 0.717) is 5.95 Å². The van der Waals surface area contributed by atoms with Crippen LogP contribution in [0.1, 0.15) is 17.7 Å². The van der Waals surface area contributed by atoms with Crippen molar-refractivity contribution in [2.24, 2.45) is 10.9 Å². The molecular weight excluding hydrogens is 322 g/mol. The highest BCUT2D eigenvalue weighted by atomic mass is 16.5. The van der Waals surface area contributed by atoms with Crippen molar-refractivity contribution in [2.75, 3.05) is 19.0 Å². The van der Waals surface area contributed by atoms with Crippen LogP contribution >= 0.6 is 0 Å². The summed E-state index contributed by atoms with van der Waals surface area (Å²) >= 11 is 0. The molecule has 2 heterocycles. The van der Waals surface area contributed by atoms with Crippen LogP contribution in [0.25, 0.3) is 10.9 Å². The highest BCUT2D eigenvalue weighted by Gasteiger charge is 2.27. The van der Waals surface area contributed by atoms with Gasteiger partial charge in [0.2, 0.25) is 17.8 Å². The van der Waals surface area contributed by atoms with Gasteiger partial charge in [-0.1, -0.05) is 12.1 Å². The van der Waals surface area contributed by atoms with Crippen LogP contribution in [0.2, 0.25) is 0 Å². The Balaban J connectivity index is 1.78. The van der Waals surface area contributed by atoms with E-state index in [9.17, 15) is 9.59 Å². The summed E-state index contributed by atoms with van der Waals surface area (Å²) in [6, 6.07) is 5.97. The third-order valence-corrected chi connectivity index (χ3v) is 4.00. The number of fused-ring (bicyclic) bond motifs is 1. The fourth-order valence-corrected chi connectivity index (χ4v) is 2.62. The average Bonchev–Trinajstić information content (AvgIpc) is 2.56. The second kappa shape index (κ2) is 6.84. The number of ether oxygens (including phenoxy) is 1. The van der Waals surface area contributed by atoms with Gasteiger partial charge in [0, 0.05) is 5.39 Å². The number of rotatable bonds is 3. The highest BCUT2D eigenvalue weighted by Crippen LogP contribution is 2.19. The number of hydrogen-bond donors (Lipinski definition) is 2. The average molecular weight is 341 g/mol. The summed E-state index contributed by atoms with van der Waals surface area (Å²) in [6.45, 7) is 4.10. The van der Waals surface area contributed by atoms with Crippen LogP contribution in [0, 0.1) is 19.8 Å². The maximum absolute atomic E-state index is 12.1. The molecule has 0 spiro atoms. The molecule has 1 aromatic carbocycles. The number of benzene rings is 1. The predicted molar refractivity (Wildman–Crippen MR) is 93.2 cm³/mol. The van der Waals surface area contributed by atoms with Gasteiger partial charge in [0.05, 0.1) is 37.2 Å². The molecule has 130 valence electrons. The smallest absolute Gasteiger partial charge is 0.306 e. The lowest BCUT2D eigenvalue weighted by Gasteiger charge is -2.21. The highest BCUT2D eigenvalue weighted by molar-refractivity contribution is 6.06. The molecule has 1 aliphatic rings. The second-order valence-electron chi connectivity index (χ2n) is 5.93. The van der Waals surface area contributed by atoms with Gasteiger partial charge in [-0.05, 0) is 25.5 Å². The number of aromatic nitrogens is 2. The number of esters is 1. The summed E-state index contributed by atoms with van der Waals surface area (Å²) in [5.41, 5.74) is 2.76. The molecule has 0 fully saturated rings. The Morgan fingerprint density at radius 2 is 2.16 bits per heavy atom. The first-order chi connectivity index (χ1) is 12.0. The molecule has 0 bridgehead atoms. The molecule has 25 heavy (non-hydrogen) atoms. The van der Waals surface area contributed by atoms with E-state index in [1.807, 2.05) is 32.0 Å². The number of carbonyl (C=O) groups is 2. The third kappa shape index (κ3) is 3.73. The summed E-state index contributed by atoms with van der Waals surface area (Å²) < 4.78 is 4.58. The first-order valence-corrected chi connectivity index (χ1v) is 7.90. The van der Waals surface area contributed by atoms with Crippen molar-refractivity contribution in [3.05, 3.63) is 29.5 Å². The minimum atomic E-state index is -0.528. The van der Waals surface area contributed by atoms with Gasteiger partial charge in [-0.3, -0.25) is 25.2 Å². The zero-order chi connectivity index (χ0) is 18.0. The number of guanidine groups is 1. The lowest BCUT2D eigenvalue weighted by molar-refractivity contribution is -0.143. The molecule has 1 aromatic heterocycles. The fourth-order valence-electron chi connectivity index (χ4n) is 2.62. The maximum atomic E-state index is 12.1. The van der Waals surface area contributed by atoms with E-state index in [-0.39, 0.29) is 24.8 Å². The first kappa shape index (κ1) is 16.8. The zero-order valence-electron chi connectivity index (χ0n) is 14.3. The van der Waals surface area contributed by atoms with E-state index >= 15 is 0 Å². The van der Waals surface area contributed by atoms with Gasteiger partial charge < -0.3 is 4.74 Å². The number of amides is 1. The molecule has 0 saturated heterocycles. The number of methoxy groups -OCH3 is 1. The van der Waals surface area contributed by atoms with Crippen molar-refractivity contribution in [3.8, 4) is 0 Å². The Bertz CT molecular complexity index is 878. The number of aryl methyl sites for hydroxylation is 2. The van der Waals surface area contributed by atoms with Crippen LogP contribution in [0.3, 0.4) is 0 Å². The Kier molecular flexibility index (Phi) is 4.60. The molecule has 1 aliphatic heterocycles. The molecular formula is C17H19N5O3. The Morgan fingerprint density at radius 1 is 1.36 bits per heavy atom. The number of nitrogens with zero attached hydrogens (tertiary/aromatic N) is 3. The lowest BCUT2D eigenvalue weighted by Crippen LogP contribution is -2.45. The maximum Gasteiger partial charge on any atom is 0.306 e. The molecule has 1 amide bonds. The van der Waals surface area contributed by atoms with Gasteiger partial charge in [-0.15, -0.1) is 0 Å². The number of anilines is 1. The minimum absolute atomic E-state index is 0.00394. The number of carbonyl (C=O) groups excluding carboxylic acids is 2. The first-order valence-electron chi connectivity index (χ1n) is 7.90. The quantitative estimate of drug-likeness (QED) is 0.816. The van der Waals surface area contributed by atoms with E-state index in [1.165, 1.54) is 7.11 Å². The van der Waals surface area contributed by atoms with Gasteiger partial charge in [-0.2, -0.15) is 0 Å². The Hall–Kier alpha value is -3.03. The second-order valence-corrected chi connectivity index (χ2v) is 5.93. The lowest BCUT2D eigenvalue weighted by atomic mass is 10.0. The van der Waals surface area contributed by atoms with Crippen LogP contribution in [-0.4, -0.2) is 41.5 Å². The van der Waals surface area contributed by atoms with Gasteiger partial charge in [0.25, 0.3) is 0 Å². The molecule has 0 aliphatic carbocycles. The van der Waals surface area contributed by atoms with E-state index in [4.69, 9.17) is 0 Å². The standard InChI is InChI=1S/C17H19N5O3/c1-9-4-5-12-10(2)19-17(20-13(12)6-9)22-16-18-8-11(15(24)21-16)7-14(23)25-3/h4-6,11H,7-8H2,1-3H3,(H2,18,19,20,21,22,24)/t11-/m1/s1. The number of hydrogen-bond acceptors (Lipinski definition) is 7. The van der Waals surface area contributed by atoms with E-state index in [1.54, 1.807) is 0 Å². The molecule has 8 heteroatoms. The van der Waals surface area contributed by atoms with E-state index in [0.717, 1.165) is 22.2 Å². The molecule has 2 aromatic rings. The van der Waals surface area contributed by atoms with Crippen molar-refractivity contribution >= 4 is 34.7 Å². The van der Waals surface area contributed by atoms with Gasteiger partial charge in [0.15, 0.2) is 0 Å². The predicted octanol–water partition coefficient (Wildman–Crippen LogP) is 1.32. The van der Waals surface area contributed by atoms with Crippen molar-refractivity contribution in [3.63, 3.8) is 0 Å². The summed E-state index contributed by atoms with van der Waals surface area (Å²) in [4.78, 5) is 36.5. The van der Waals surface area contributed by atoms with Gasteiger partial charge >= 0.3 is 5.97 Å². The SMILES string of the molecule is COC(=O)C[C@@H]1CN=C(Nc2nc(C)c3ccc(C)cc3n2)NC1=O. The van der Waals surface area contributed by atoms with Crippen molar-refractivity contribution in [2.45, 2.75) is 20.3 Å². The number of nitrogens with one attached hydrogen (secondary N) is 2. The summed E-state index contributed by atoms with van der Waals surface area (Å²) in [7, 11) is 1.29. The van der Waals surface area contributed by atoms with Crippen LogP contribution in [0.4, 0.5) is 5.95 Å². The fraction of sp³-hybridized carbons (Fsp3) is 0.353. The molecule has 0 radical (unpaired) electrons. The van der Waals surface area contributed by atoms with Gasteiger partial charge in [0.1, 0.15) is 0 Å². The van der Waals surface area contributed by atoms with Crippen LogP contribution in [0.15, 0.2) is 23.2 Å². The van der Waals surface area contributed by atoms with Crippen LogP contribution in [0.5, 0.6) is 0 Å². The molecule has 8 nitrogen and oxygen atoms in total. The zero-order valence-corrected chi connectivity index (χ0v) is 14.3.